The van der Waals surface area contributed by atoms with Crippen LogP contribution in [0.15, 0.2) is 24.3 Å². The maximum atomic E-state index is 11.1. The molecule has 0 aliphatic carbocycles. The minimum Gasteiger partial charge on any atom is -0.481 e. The number of hydrogen-bond donors (Lipinski definition) is 2. The number of amides is 1. The van der Waals surface area contributed by atoms with Crippen molar-refractivity contribution >= 4 is 24.4 Å². The number of carboxylic acids is 1. The monoisotopic (exact) mass is 428 g/mol. The largest absolute Gasteiger partial charge is 0.481 e. The van der Waals surface area contributed by atoms with E-state index in [1.165, 1.54) is 0 Å². The minimum absolute atomic E-state index is 0.0540. The van der Waals surface area contributed by atoms with Crippen molar-refractivity contribution < 1.29 is 19.5 Å². The first-order valence-electron chi connectivity index (χ1n) is 10.7. The molecule has 168 valence electrons. The third-order valence-electron chi connectivity index (χ3n) is 5.07. The van der Waals surface area contributed by atoms with E-state index < -0.39 is 5.97 Å². The van der Waals surface area contributed by atoms with Crippen LogP contribution in [-0.4, -0.2) is 53.2 Å². The number of nitrogens with zero attached hydrogens (tertiary/aromatic N) is 3. The smallest absolute Gasteiger partial charge is 0.303 e. The first-order chi connectivity index (χ1) is 14.9. The van der Waals surface area contributed by atoms with E-state index in [1.807, 2.05) is 36.7 Å². The number of nitrogens with one attached hydrogen (secondary N) is 1. The van der Waals surface area contributed by atoms with Gasteiger partial charge in [0, 0.05) is 43.9 Å². The van der Waals surface area contributed by atoms with Gasteiger partial charge in [-0.15, -0.1) is 0 Å². The average molecular weight is 429 g/mol. The number of benzene rings is 1. The van der Waals surface area contributed by atoms with E-state index in [2.05, 4.69) is 21.4 Å². The van der Waals surface area contributed by atoms with Gasteiger partial charge in [0.15, 0.2) is 0 Å². The van der Waals surface area contributed by atoms with Crippen LogP contribution in [0, 0.1) is 13.8 Å². The molecular formula is C23H32N4O4. The number of unbranched alkanes of at least 4 members (excludes halogenated alkanes) is 3. The molecule has 0 fully saturated rings. The van der Waals surface area contributed by atoms with Gasteiger partial charge in [-0.3, -0.25) is 9.59 Å². The summed E-state index contributed by atoms with van der Waals surface area (Å²) in [5.41, 5.74) is 4.70. The summed E-state index contributed by atoms with van der Waals surface area (Å²) in [7, 11) is 0. The number of carbonyl (C=O) groups is 3. The van der Waals surface area contributed by atoms with Crippen LogP contribution in [0.25, 0.3) is 5.69 Å². The Balaban J connectivity index is 2.33. The number of aromatic nitrogens is 2. The summed E-state index contributed by atoms with van der Waals surface area (Å²) in [5, 5.41) is 16.4. The van der Waals surface area contributed by atoms with Gasteiger partial charge < -0.3 is 20.1 Å². The molecule has 31 heavy (non-hydrogen) atoms. The quantitative estimate of drug-likeness (QED) is 0.334. The maximum Gasteiger partial charge on any atom is 0.303 e. The summed E-state index contributed by atoms with van der Waals surface area (Å²) in [5.74, 6) is -0.833. The third kappa shape index (κ3) is 7.88. The summed E-state index contributed by atoms with van der Waals surface area (Å²) in [6.45, 7) is 5.84. The number of carboxylic acid groups (broad SMARTS) is 1. The second-order valence-corrected chi connectivity index (χ2v) is 7.67. The van der Waals surface area contributed by atoms with Crippen molar-refractivity contribution in [3.8, 4) is 5.69 Å². The van der Waals surface area contributed by atoms with Gasteiger partial charge in [-0.1, -0.05) is 6.42 Å². The van der Waals surface area contributed by atoms with E-state index in [4.69, 9.17) is 5.11 Å². The Hall–Kier alpha value is -3.16. The molecule has 1 aromatic carbocycles. The molecule has 2 N–H and O–H groups in total. The van der Waals surface area contributed by atoms with Crippen LogP contribution in [0.3, 0.4) is 0 Å². The highest BCUT2D eigenvalue weighted by atomic mass is 16.4. The van der Waals surface area contributed by atoms with Gasteiger partial charge in [0.25, 0.3) is 0 Å². The van der Waals surface area contributed by atoms with Crippen LogP contribution in [0.4, 0.5) is 5.69 Å². The molecule has 1 aromatic heterocycles. The fraction of sp³-hybridized carbons (Fsp3) is 0.478. The van der Waals surface area contributed by atoms with Crippen molar-refractivity contribution in [2.75, 3.05) is 24.5 Å². The first-order valence-corrected chi connectivity index (χ1v) is 10.7. The van der Waals surface area contributed by atoms with Crippen molar-refractivity contribution in [3.63, 3.8) is 0 Å². The second kappa shape index (κ2) is 12.5. The van der Waals surface area contributed by atoms with Gasteiger partial charge in [0.2, 0.25) is 6.41 Å². The zero-order valence-corrected chi connectivity index (χ0v) is 18.3. The third-order valence-corrected chi connectivity index (χ3v) is 5.07. The highest BCUT2D eigenvalue weighted by Gasteiger charge is 2.13. The average Bonchev–Trinajstić information content (AvgIpc) is 3.08. The lowest BCUT2D eigenvalue weighted by Crippen LogP contribution is -2.32. The van der Waals surface area contributed by atoms with Crippen molar-refractivity contribution in [2.24, 2.45) is 0 Å². The van der Waals surface area contributed by atoms with Gasteiger partial charge in [-0.2, -0.15) is 5.10 Å². The summed E-state index contributed by atoms with van der Waals surface area (Å²) in [6, 6.07) is 8.06. The van der Waals surface area contributed by atoms with Crippen molar-refractivity contribution in [2.45, 2.75) is 52.4 Å². The molecule has 0 aliphatic rings. The van der Waals surface area contributed by atoms with Crippen LogP contribution in [0.1, 0.15) is 49.1 Å². The van der Waals surface area contributed by atoms with Gasteiger partial charge >= 0.3 is 5.97 Å². The number of hydrogen-bond acceptors (Lipinski definition) is 5. The van der Waals surface area contributed by atoms with Gasteiger partial charge in [-0.25, -0.2) is 4.68 Å². The van der Waals surface area contributed by atoms with Crippen molar-refractivity contribution in [1.29, 1.82) is 0 Å². The molecule has 1 heterocycles. The summed E-state index contributed by atoms with van der Waals surface area (Å²) in [4.78, 5) is 34.6. The lowest BCUT2D eigenvalue weighted by atomic mass is 10.1. The number of rotatable bonds is 15. The van der Waals surface area contributed by atoms with Crippen molar-refractivity contribution in [1.82, 2.24) is 15.1 Å². The van der Waals surface area contributed by atoms with Crippen LogP contribution < -0.4 is 10.2 Å². The number of anilines is 1. The molecule has 0 radical (unpaired) electrons. The Labute approximate surface area is 183 Å². The molecule has 8 nitrogen and oxygen atoms in total. The normalized spacial score (nSPS) is 10.6. The molecule has 0 spiro atoms. The van der Waals surface area contributed by atoms with Crippen LogP contribution >= 0.6 is 0 Å². The molecule has 0 saturated carbocycles. The Bertz CT molecular complexity index is 878. The lowest BCUT2D eigenvalue weighted by Gasteiger charge is -2.26. The fourth-order valence-corrected chi connectivity index (χ4v) is 3.58. The highest BCUT2D eigenvalue weighted by Crippen LogP contribution is 2.24. The van der Waals surface area contributed by atoms with E-state index in [9.17, 15) is 14.4 Å². The Morgan fingerprint density at radius 2 is 1.94 bits per heavy atom. The van der Waals surface area contributed by atoms with Gasteiger partial charge in [-0.05, 0) is 62.9 Å². The van der Waals surface area contributed by atoms with Gasteiger partial charge in [0.1, 0.15) is 6.29 Å². The molecule has 0 saturated heterocycles. The Kier molecular flexibility index (Phi) is 9.74. The molecular weight excluding hydrogens is 396 g/mol. The first kappa shape index (κ1) is 24.1. The Morgan fingerprint density at radius 1 is 1.13 bits per heavy atom. The predicted octanol–water partition coefficient (Wildman–Crippen LogP) is 2.82. The highest BCUT2D eigenvalue weighted by molar-refractivity contribution is 5.67. The molecule has 1 amide bonds. The summed E-state index contributed by atoms with van der Waals surface area (Å²) >= 11 is 0. The number of aryl methyl sites for hydroxylation is 3. The summed E-state index contributed by atoms with van der Waals surface area (Å²) in [6.07, 6.45) is 5.40. The van der Waals surface area contributed by atoms with E-state index in [-0.39, 0.29) is 6.42 Å². The standard InChI is InChI=1S/C23H32N4O4/c1-18-13-19(2)27(25-18)22-15-20(7-8-23(30)31)14-21(16-22)26(11-9-24-17-29)10-5-3-4-6-12-28/h12-17H,3-11H2,1-2H3,(H,24,29)(H,30,31). The number of aliphatic carboxylic acids is 1. The number of carbonyl (C=O) groups excluding carboxylic acids is 2. The Morgan fingerprint density at radius 3 is 2.58 bits per heavy atom. The SMILES string of the molecule is Cc1cc(C)n(-c2cc(CCC(=O)O)cc(N(CCCCCC=O)CCNC=O)c2)n1. The molecule has 2 rings (SSSR count). The predicted molar refractivity (Wildman–Crippen MR) is 120 cm³/mol. The fourth-order valence-electron chi connectivity index (χ4n) is 3.58. The van der Waals surface area contributed by atoms with Crippen LogP contribution in [-0.2, 0) is 20.8 Å². The van der Waals surface area contributed by atoms with E-state index in [0.717, 1.165) is 60.4 Å². The topological polar surface area (TPSA) is 105 Å². The maximum absolute atomic E-state index is 11.1. The molecule has 0 unspecified atom stereocenters. The van der Waals surface area contributed by atoms with Crippen LogP contribution in [0.2, 0.25) is 0 Å². The molecule has 0 bridgehead atoms. The van der Waals surface area contributed by atoms with E-state index >= 15 is 0 Å². The second-order valence-electron chi connectivity index (χ2n) is 7.67. The van der Waals surface area contributed by atoms with Crippen LogP contribution in [0.5, 0.6) is 0 Å². The number of aldehydes is 1. The summed E-state index contributed by atoms with van der Waals surface area (Å²) < 4.78 is 1.87. The zero-order valence-electron chi connectivity index (χ0n) is 18.3. The van der Waals surface area contributed by atoms with E-state index in [0.29, 0.717) is 32.3 Å². The molecule has 8 heteroatoms. The molecule has 0 atom stereocenters. The minimum atomic E-state index is -0.833. The van der Waals surface area contributed by atoms with Crippen molar-refractivity contribution in [3.05, 3.63) is 41.2 Å². The van der Waals surface area contributed by atoms with Gasteiger partial charge in [0.05, 0.1) is 11.4 Å². The van der Waals surface area contributed by atoms with E-state index in [1.54, 1.807) is 0 Å². The lowest BCUT2D eigenvalue weighted by molar-refractivity contribution is -0.137. The zero-order chi connectivity index (χ0) is 22.6. The molecule has 0 aliphatic heterocycles. The molecule has 2 aromatic rings.